The van der Waals surface area contributed by atoms with Gasteiger partial charge < -0.3 is 46.0 Å². The average molecular weight is 1010 g/mol. The summed E-state index contributed by atoms with van der Waals surface area (Å²) in [5.74, 6) is -0.586. The van der Waals surface area contributed by atoms with Crippen LogP contribution in [0.2, 0.25) is 0 Å². The van der Waals surface area contributed by atoms with E-state index in [1.807, 2.05) is 0 Å². The first-order valence-corrected chi connectivity index (χ1v) is 30.2. The summed E-state index contributed by atoms with van der Waals surface area (Å²) in [6.45, 7) is 3.80. The number of phosphoric ester groups is 1. The summed E-state index contributed by atoms with van der Waals surface area (Å²) in [5, 5.41) is 74.9. The van der Waals surface area contributed by atoms with E-state index in [-0.39, 0.29) is 6.42 Å². The molecular weight excluding hydrogens is 898 g/mol. The number of aliphatic hydroxyl groups is 7. The molecule has 8 atom stereocenters. The minimum Gasteiger partial charge on any atom is -0.393 e. The summed E-state index contributed by atoms with van der Waals surface area (Å²) >= 11 is 0. The fourth-order valence-corrected chi connectivity index (χ4v) is 10.4. The molecule has 0 bridgehead atoms. The zero-order valence-corrected chi connectivity index (χ0v) is 44.9. The smallest absolute Gasteiger partial charge is 0.393 e. The summed E-state index contributed by atoms with van der Waals surface area (Å²) in [7, 11) is -5.14. The highest BCUT2D eigenvalue weighted by molar-refractivity contribution is 7.47. The van der Waals surface area contributed by atoms with Crippen molar-refractivity contribution in [3.63, 3.8) is 0 Å². The minimum absolute atomic E-state index is 0.239. The first-order chi connectivity index (χ1) is 33.3. The number of nitrogens with one attached hydrogen (secondary N) is 1. The number of carbonyl (C=O) groups excluding carboxylic acids is 1. The van der Waals surface area contributed by atoms with Gasteiger partial charge >= 0.3 is 7.82 Å². The molecule has 1 aliphatic carbocycles. The SMILES string of the molecule is CCCCCCCCCCCCCCCCCCC/C=C/C(O)C(COP(=O)(O)OC1C(O)C(O)C(O)C(O)C1O)NC(=O)CC(O)CCCCCCCCCCCCCCCCCCCCCC. The van der Waals surface area contributed by atoms with Gasteiger partial charge in [-0.3, -0.25) is 13.8 Å². The molecule has 69 heavy (non-hydrogen) atoms. The Bertz CT molecular complexity index is 1230. The number of hydrogen-bond donors (Lipinski definition) is 9. The van der Waals surface area contributed by atoms with Crippen molar-refractivity contribution in [2.24, 2.45) is 0 Å². The van der Waals surface area contributed by atoms with Crippen molar-refractivity contribution in [3.8, 4) is 0 Å². The van der Waals surface area contributed by atoms with Crippen LogP contribution in [0, 0.1) is 0 Å². The van der Waals surface area contributed by atoms with Crippen molar-refractivity contribution in [2.75, 3.05) is 6.61 Å². The van der Waals surface area contributed by atoms with Crippen LogP contribution in [0.4, 0.5) is 0 Å². The van der Waals surface area contributed by atoms with Gasteiger partial charge in [0.05, 0.1) is 31.3 Å². The molecule has 14 heteroatoms. The second kappa shape index (κ2) is 44.5. The highest BCUT2D eigenvalue weighted by Crippen LogP contribution is 2.47. The number of hydrogen-bond acceptors (Lipinski definition) is 11. The topological polar surface area (TPSA) is 226 Å². The summed E-state index contributed by atoms with van der Waals surface area (Å²) in [4.78, 5) is 23.6. The highest BCUT2D eigenvalue weighted by atomic mass is 31.2. The first kappa shape index (κ1) is 66.1. The molecule has 0 radical (unpaired) electrons. The van der Waals surface area contributed by atoms with Crippen molar-refractivity contribution in [2.45, 2.75) is 326 Å². The fraction of sp³-hybridized carbons (Fsp3) is 0.945. The second-order valence-electron chi connectivity index (χ2n) is 20.7. The molecule has 1 saturated carbocycles. The summed E-state index contributed by atoms with van der Waals surface area (Å²) in [6, 6.07) is -1.24. The normalized spacial score (nSPS) is 21.9. The fourth-order valence-electron chi connectivity index (χ4n) is 9.48. The predicted molar refractivity (Wildman–Crippen MR) is 280 cm³/mol. The van der Waals surface area contributed by atoms with Crippen LogP contribution in [-0.2, 0) is 18.4 Å². The summed E-state index contributed by atoms with van der Waals surface area (Å²) in [5.41, 5.74) is 0. The number of aliphatic hydroxyl groups excluding tert-OH is 7. The molecule has 1 amide bonds. The molecule has 410 valence electrons. The number of allylic oxidation sites excluding steroid dienone is 1. The molecular formula is C55H108NO12P. The Morgan fingerprint density at radius 3 is 1.19 bits per heavy atom. The highest BCUT2D eigenvalue weighted by Gasteiger charge is 2.51. The second-order valence-corrected chi connectivity index (χ2v) is 22.1. The lowest BCUT2D eigenvalue weighted by atomic mass is 9.85. The van der Waals surface area contributed by atoms with Gasteiger partial charge in [-0.1, -0.05) is 257 Å². The Kier molecular flexibility index (Phi) is 42.6. The van der Waals surface area contributed by atoms with Crippen LogP contribution in [0.3, 0.4) is 0 Å². The maximum absolute atomic E-state index is 13.1. The van der Waals surface area contributed by atoms with E-state index in [0.717, 1.165) is 44.9 Å². The lowest BCUT2D eigenvalue weighted by Crippen LogP contribution is -2.64. The maximum Gasteiger partial charge on any atom is 0.472 e. The van der Waals surface area contributed by atoms with Crippen molar-refractivity contribution >= 4 is 13.7 Å². The molecule has 1 fully saturated rings. The Morgan fingerprint density at radius 1 is 0.507 bits per heavy atom. The van der Waals surface area contributed by atoms with E-state index >= 15 is 0 Å². The van der Waals surface area contributed by atoms with E-state index in [1.165, 1.54) is 199 Å². The molecule has 1 aliphatic rings. The van der Waals surface area contributed by atoms with Crippen molar-refractivity contribution in [1.29, 1.82) is 0 Å². The van der Waals surface area contributed by atoms with E-state index in [1.54, 1.807) is 6.08 Å². The standard InChI is InChI=1S/C55H108NO12P/c1-3-5-7-9-11-13-15-17-19-21-23-25-26-28-30-32-34-36-38-40-42-46(57)44-49(59)56-47(45-67-69(65,66)68-55-53(63)51(61)50(60)52(62)54(55)64)48(58)43-41-39-37-35-33-31-29-27-24-22-20-18-16-14-12-10-8-6-4-2/h41,43,46-48,50-55,57-58,60-64H,3-40,42,44-45H2,1-2H3,(H,56,59)(H,65,66)/b43-41+. The van der Waals surface area contributed by atoms with Gasteiger partial charge in [0.1, 0.15) is 36.6 Å². The van der Waals surface area contributed by atoms with Gasteiger partial charge in [-0.2, -0.15) is 0 Å². The quantitative estimate of drug-likeness (QED) is 0.0158. The number of amides is 1. The molecule has 9 N–H and O–H groups in total. The van der Waals surface area contributed by atoms with E-state index in [4.69, 9.17) is 9.05 Å². The van der Waals surface area contributed by atoms with Gasteiger partial charge in [0.15, 0.2) is 0 Å². The minimum atomic E-state index is -5.14. The van der Waals surface area contributed by atoms with Gasteiger partial charge in [-0.25, -0.2) is 4.57 Å². The number of unbranched alkanes of at least 4 members (excludes halogenated alkanes) is 36. The molecule has 0 aromatic heterocycles. The lowest BCUT2D eigenvalue weighted by molar-refractivity contribution is -0.220. The van der Waals surface area contributed by atoms with Gasteiger partial charge in [0, 0.05) is 0 Å². The van der Waals surface area contributed by atoms with E-state index in [0.29, 0.717) is 12.8 Å². The Labute approximate surface area is 421 Å². The van der Waals surface area contributed by atoms with Crippen LogP contribution in [0.5, 0.6) is 0 Å². The average Bonchev–Trinajstić information content (AvgIpc) is 3.32. The zero-order valence-electron chi connectivity index (χ0n) is 44.0. The molecule has 1 rings (SSSR count). The van der Waals surface area contributed by atoms with Gasteiger partial charge in [0.2, 0.25) is 5.91 Å². The Morgan fingerprint density at radius 2 is 0.826 bits per heavy atom. The van der Waals surface area contributed by atoms with E-state index in [2.05, 4.69) is 19.2 Å². The molecule has 8 unspecified atom stereocenters. The van der Waals surface area contributed by atoms with Crippen LogP contribution in [0.15, 0.2) is 12.2 Å². The third-order valence-corrected chi connectivity index (χ3v) is 15.1. The molecule has 0 aliphatic heterocycles. The molecule has 0 saturated heterocycles. The Balaban J connectivity index is 2.41. The van der Waals surface area contributed by atoms with E-state index < -0.39 is 75.2 Å². The van der Waals surface area contributed by atoms with Gasteiger partial charge in [-0.05, 0) is 19.3 Å². The first-order valence-electron chi connectivity index (χ1n) is 28.7. The molecule has 0 heterocycles. The van der Waals surface area contributed by atoms with Gasteiger partial charge in [0.25, 0.3) is 0 Å². The zero-order chi connectivity index (χ0) is 50.8. The number of carbonyl (C=O) groups is 1. The van der Waals surface area contributed by atoms with E-state index in [9.17, 15) is 50.0 Å². The molecule has 0 spiro atoms. The summed E-state index contributed by atoms with van der Waals surface area (Å²) < 4.78 is 23.0. The van der Waals surface area contributed by atoms with Crippen LogP contribution in [-0.4, -0.2) is 108 Å². The monoisotopic (exact) mass is 1010 g/mol. The summed E-state index contributed by atoms with van der Waals surface area (Å²) in [6.07, 6.45) is 37.2. The van der Waals surface area contributed by atoms with Crippen molar-refractivity contribution in [1.82, 2.24) is 5.32 Å². The molecule has 13 nitrogen and oxygen atoms in total. The van der Waals surface area contributed by atoms with Crippen molar-refractivity contribution in [3.05, 3.63) is 12.2 Å². The largest absolute Gasteiger partial charge is 0.472 e. The Hall–Kier alpha value is -0.960. The predicted octanol–water partition coefficient (Wildman–Crippen LogP) is 11.7. The van der Waals surface area contributed by atoms with Crippen LogP contribution >= 0.6 is 7.82 Å². The third-order valence-electron chi connectivity index (χ3n) is 14.1. The van der Waals surface area contributed by atoms with Crippen LogP contribution in [0.25, 0.3) is 0 Å². The maximum atomic E-state index is 13.1. The molecule has 0 aromatic carbocycles. The third kappa shape index (κ3) is 35.8. The van der Waals surface area contributed by atoms with Gasteiger partial charge in [-0.15, -0.1) is 0 Å². The van der Waals surface area contributed by atoms with Crippen molar-refractivity contribution < 1.29 is 59.0 Å². The lowest BCUT2D eigenvalue weighted by Gasteiger charge is -2.41. The van der Waals surface area contributed by atoms with Crippen LogP contribution in [0.1, 0.15) is 271 Å². The number of phosphoric acid groups is 1. The number of rotatable bonds is 49. The molecule has 0 aromatic rings. The van der Waals surface area contributed by atoms with Crippen LogP contribution < -0.4 is 5.32 Å².